The van der Waals surface area contributed by atoms with Crippen molar-refractivity contribution in [1.82, 2.24) is 5.32 Å². The number of carbonyl (C=O) groups is 2. The summed E-state index contributed by atoms with van der Waals surface area (Å²) in [6, 6.07) is 8.48. The SMILES string of the molecule is O=C1CCc2cc(-c3cccc4c3CNC4=O)c(F)cc2N1. The Morgan fingerprint density at radius 3 is 2.68 bits per heavy atom. The molecule has 4 nitrogen and oxygen atoms in total. The molecule has 5 heteroatoms. The number of anilines is 1. The fourth-order valence-corrected chi connectivity index (χ4v) is 3.11. The van der Waals surface area contributed by atoms with Crippen molar-refractivity contribution < 1.29 is 14.0 Å². The van der Waals surface area contributed by atoms with E-state index in [4.69, 9.17) is 0 Å². The Morgan fingerprint density at radius 2 is 1.82 bits per heavy atom. The van der Waals surface area contributed by atoms with Crippen LogP contribution in [-0.2, 0) is 17.8 Å². The molecule has 0 saturated carbocycles. The first-order valence-electron chi connectivity index (χ1n) is 7.16. The van der Waals surface area contributed by atoms with E-state index in [-0.39, 0.29) is 11.8 Å². The number of benzene rings is 2. The zero-order valence-electron chi connectivity index (χ0n) is 11.7. The van der Waals surface area contributed by atoms with Crippen LogP contribution in [0.4, 0.5) is 10.1 Å². The average molecular weight is 296 g/mol. The Morgan fingerprint density at radius 1 is 1.00 bits per heavy atom. The number of hydrogen-bond donors (Lipinski definition) is 2. The van der Waals surface area contributed by atoms with Crippen LogP contribution in [0.2, 0.25) is 0 Å². The highest BCUT2D eigenvalue weighted by Crippen LogP contribution is 2.35. The van der Waals surface area contributed by atoms with Gasteiger partial charge < -0.3 is 10.6 Å². The van der Waals surface area contributed by atoms with Crippen LogP contribution >= 0.6 is 0 Å². The Hall–Kier alpha value is -2.69. The molecular formula is C17H13FN2O2. The van der Waals surface area contributed by atoms with Gasteiger partial charge in [-0.05, 0) is 41.3 Å². The van der Waals surface area contributed by atoms with Crippen LogP contribution in [0.25, 0.3) is 11.1 Å². The van der Waals surface area contributed by atoms with Gasteiger partial charge in [0.1, 0.15) is 5.82 Å². The molecule has 4 rings (SSSR count). The largest absolute Gasteiger partial charge is 0.348 e. The molecule has 2 amide bonds. The monoisotopic (exact) mass is 296 g/mol. The van der Waals surface area contributed by atoms with Gasteiger partial charge >= 0.3 is 0 Å². The lowest BCUT2D eigenvalue weighted by Crippen LogP contribution is -2.19. The summed E-state index contributed by atoms with van der Waals surface area (Å²) in [4.78, 5) is 23.2. The second-order valence-electron chi connectivity index (χ2n) is 5.55. The van der Waals surface area contributed by atoms with Crippen LogP contribution in [0.1, 0.15) is 27.9 Å². The number of nitrogens with one attached hydrogen (secondary N) is 2. The lowest BCUT2D eigenvalue weighted by molar-refractivity contribution is -0.116. The fourth-order valence-electron chi connectivity index (χ4n) is 3.11. The van der Waals surface area contributed by atoms with Crippen LogP contribution in [0, 0.1) is 5.82 Å². The quantitative estimate of drug-likeness (QED) is 0.850. The molecule has 2 aliphatic heterocycles. The lowest BCUT2D eigenvalue weighted by atomic mass is 9.92. The minimum absolute atomic E-state index is 0.0879. The Balaban J connectivity index is 1.88. The molecule has 2 aromatic carbocycles. The van der Waals surface area contributed by atoms with Gasteiger partial charge in [-0.15, -0.1) is 0 Å². The van der Waals surface area contributed by atoms with E-state index in [2.05, 4.69) is 10.6 Å². The topological polar surface area (TPSA) is 58.2 Å². The highest BCUT2D eigenvalue weighted by molar-refractivity contribution is 6.01. The van der Waals surface area contributed by atoms with Gasteiger partial charge in [0.2, 0.25) is 5.91 Å². The van der Waals surface area contributed by atoms with Crippen LogP contribution in [0.5, 0.6) is 0 Å². The molecule has 0 spiro atoms. The van der Waals surface area contributed by atoms with Crippen LogP contribution in [0.15, 0.2) is 30.3 Å². The molecular weight excluding hydrogens is 283 g/mol. The summed E-state index contributed by atoms with van der Waals surface area (Å²) in [5, 5.41) is 5.46. The minimum atomic E-state index is -0.395. The predicted octanol–water partition coefficient (Wildman–Crippen LogP) is 2.62. The minimum Gasteiger partial charge on any atom is -0.348 e. The van der Waals surface area contributed by atoms with Crippen molar-refractivity contribution in [2.75, 3.05) is 5.32 Å². The highest BCUT2D eigenvalue weighted by atomic mass is 19.1. The second kappa shape index (κ2) is 4.66. The number of amides is 2. The van der Waals surface area contributed by atoms with Crippen molar-refractivity contribution in [3.8, 4) is 11.1 Å². The summed E-state index contributed by atoms with van der Waals surface area (Å²) in [6.07, 6.45) is 1.01. The Labute approximate surface area is 126 Å². The van der Waals surface area contributed by atoms with Crippen LogP contribution in [0.3, 0.4) is 0 Å². The first-order chi connectivity index (χ1) is 10.6. The zero-order chi connectivity index (χ0) is 15.3. The van der Waals surface area contributed by atoms with E-state index in [1.807, 2.05) is 6.07 Å². The van der Waals surface area contributed by atoms with Gasteiger partial charge in [-0.2, -0.15) is 0 Å². The number of aryl methyl sites for hydroxylation is 1. The lowest BCUT2D eigenvalue weighted by Gasteiger charge is -2.19. The van der Waals surface area contributed by atoms with Crippen molar-refractivity contribution in [3.63, 3.8) is 0 Å². The van der Waals surface area contributed by atoms with Gasteiger partial charge in [-0.25, -0.2) is 4.39 Å². The molecule has 0 fully saturated rings. The Kier molecular flexibility index (Phi) is 2.76. The van der Waals surface area contributed by atoms with E-state index in [9.17, 15) is 14.0 Å². The average Bonchev–Trinajstić information content (AvgIpc) is 2.88. The highest BCUT2D eigenvalue weighted by Gasteiger charge is 2.24. The third kappa shape index (κ3) is 1.89. The predicted molar refractivity (Wildman–Crippen MR) is 80.0 cm³/mol. The summed E-state index contributed by atoms with van der Waals surface area (Å²) < 4.78 is 14.5. The summed E-state index contributed by atoms with van der Waals surface area (Å²) in [7, 11) is 0. The molecule has 0 unspecified atom stereocenters. The zero-order valence-corrected chi connectivity index (χ0v) is 11.7. The smallest absolute Gasteiger partial charge is 0.251 e. The van der Waals surface area contributed by atoms with E-state index in [0.29, 0.717) is 36.2 Å². The Bertz CT molecular complexity index is 830. The molecule has 2 N–H and O–H groups in total. The van der Waals surface area contributed by atoms with Crippen molar-refractivity contribution in [3.05, 3.63) is 52.8 Å². The van der Waals surface area contributed by atoms with E-state index < -0.39 is 5.82 Å². The van der Waals surface area contributed by atoms with E-state index in [1.165, 1.54) is 6.07 Å². The molecule has 0 saturated heterocycles. The summed E-state index contributed by atoms with van der Waals surface area (Å²) in [6.45, 7) is 0.414. The molecule has 0 atom stereocenters. The second-order valence-corrected chi connectivity index (χ2v) is 5.55. The standard InChI is InChI=1S/C17H13FN2O2/c18-14-7-15-9(4-5-16(21)20-15)6-12(14)10-2-1-3-11-13(10)8-19-17(11)22/h1-3,6-7H,4-5,8H2,(H,19,22)(H,20,21). The molecule has 2 aliphatic rings. The summed E-state index contributed by atoms with van der Waals surface area (Å²) in [5.74, 6) is -0.605. The summed E-state index contributed by atoms with van der Waals surface area (Å²) in [5.41, 5.74) is 4.09. The van der Waals surface area contributed by atoms with Gasteiger partial charge in [0.05, 0.1) is 0 Å². The van der Waals surface area contributed by atoms with E-state index in [1.54, 1.807) is 18.2 Å². The maximum absolute atomic E-state index is 14.5. The third-order valence-corrected chi connectivity index (χ3v) is 4.22. The first kappa shape index (κ1) is 13.0. The normalized spacial score (nSPS) is 15.9. The number of hydrogen-bond acceptors (Lipinski definition) is 2. The van der Waals surface area contributed by atoms with Gasteiger partial charge in [0, 0.05) is 29.8 Å². The van der Waals surface area contributed by atoms with E-state index >= 15 is 0 Å². The number of rotatable bonds is 1. The number of fused-ring (bicyclic) bond motifs is 2. The first-order valence-corrected chi connectivity index (χ1v) is 7.16. The van der Waals surface area contributed by atoms with Gasteiger partial charge in [-0.1, -0.05) is 12.1 Å². The summed E-state index contributed by atoms with van der Waals surface area (Å²) >= 11 is 0. The number of halogens is 1. The molecule has 2 heterocycles. The van der Waals surface area contributed by atoms with Gasteiger partial charge in [0.15, 0.2) is 0 Å². The third-order valence-electron chi connectivity index (χ3n) is 4.22. The molecule has 2 aromatic rings. The molecule has 0 aromatic heterocycles. The molecule has 22 heavy (non-hydrogen) atoms. The number of carbonyl (C=O) groups excluding carboxylic acids is 2. The van der Waals surface area contributed by atoms with Gasteiger partial charge in [-0.3, -0.25) is 9.59 Å². The van der Waals surface area contributed by atoms with Crippen molar-refractivity contribution in [2.24, 2.45) is 0 Å². The van der Waals surface area contributed by atoms with Crippen LogP contribution in [-0.4, -0.2) is 11.8 Å². The van der Waals surface area contributed by atoms with Crippen molar-refractivity contribution >= 4 is 17.5 Å². The van der Waals surface area contributed by atoms with Crippen molar-refractivity contribution in [1.29, 1.82) is 0 Å². The molecule has 0 radical (unpaired) electrons. The van der Waals surface area contributed by atoms with Crippen LogP contribution < -0.4 is 10.6 Å². The maximum Gasteiger partial charge on any atom is 0.251 e. The molecule has 0 aliphatic carbocycles. The maximum atomic E-state index is 14.5. The molecule has 110 valence electrons. The fraction of sp³-hybridized carbons (Fsp3) is 0.176. The van der Waals surface area contributed by atoms with E-state index in [0.717, 1.165) is 16.7 Å². The molecule has 0 bridgehead atoms. The van der Waals surface area contributed by atoms with Crippen molar-refractivity contribution in [2.45, 2.75) is 19.4 Å². The van der Waals surface area contributed by atoms with Gasteiger partial charge in [0.25, 0.3) is 5.91 Å².